The fourth-order valence-corrected chi connectivity index (χ4v) is 2.12. The monoisotopic (exact) mass is 371 g/mol. The van der Waals surface area contributed by atoms with Crippen molar-refractivity contribution < 1.29 is 23.8 Å². The molecule has 0 saturated carbocycles. The quantitative estimate of drug-likeness (QED) is 0.513. The topological polar surface area (TPSA) is 73.9 Å². The van der Waals surface area contributed by atoms with E-state index >= 15 is 0 Å². The van der Waals surface area contributed by atoms with Crippen LogP contribution in [-0.4, -0.2) is 38.2 Å². The van der Waals surface area contributed by atoms with Gasteiger partial charge in [-0.1, -0.05) is 38.1 Å². The lowest BCUT2D eigenvalue weighted by atomic mass is 10.2. The highest BCUT2D eigenvalue weighted by molar-refractivity contribution is 5.91. The third-order valence-corrected chi connectivity index (χ3v) is 3.42. The Morgan fingerprint density at radius 1 is 0.963 bits per heavy atom. The summed E-state index contributed by atoms with van der Waals surface area (Å²) >= 11 is 0. The zero-order valence-electron chi connectivity index (χ0n) is 15.6. The van der Waals surface area contributed by atoms with Gasteiger partial charge in [0, 0.05) is 0 Å². The molecule has 2 aromatic carbocycles. The highest BCUT2D eigenvalue weighted by Crippen LogP contribution is 2.15. The molecule has 0 aliphatic heterocycles. The number of para-hydroxylation sites is 1. The van der Waals surface area contributed by atoms with Crippen molar-refractivity contribution in [2.75, 3.05) is 26.4 Å². The van der Waals surface area contributed by atoms with E-state index in [1.165, 1.54) is 0 Å². The van der Waals surface area contributed by atoms with Crippen molar-refractivity contribution in [2.24, 2.45) is 5.92 Å². The Labute approximate surface area is 159 Å². The van der Waals surface area contributed by atoms with E-state index in [0.29, 0.717) is 37.0 Å². The summed E-state index contributed by atoms with van der Waals surface area (Å²) in [6, 6.07) is 16.0. The van der Waals surface area contributed by atoms with Crippen LogP contribution in [-0.2, 0) is 9.53 Å². The van der Waals surface area contributed by atoms with E-state index in [4.69, 9.17) is 14.2 Å². The number of nitrogens with one attached hydrogen (secondary N) is 1. The van der Waals surface area contributed by atoms with Gasteiger partial charge in [0.15, 0.2) is 6.61 Å². The number of amides is 1. The number of hydrogen-bond acceptors (Lipinski definition) is 5. The number of carbonyl (C=O) groups is 2. The maximum absolute atomic E-state index is 12.1. The minimum absolute atomic E-state index is 0.323. The summed E-state index contributed by atoms with van der Waals surface area (Å²) in [4.78, 5) is 23.8. The van der Waals surface area contributed by atoms with Crippen molar-refractivity contribution >= 4 is 11.9 Å². The molecular formula is C21H25NO5. The van der Waals surface area contributed by atoms with Gasteiger partial charge in [0.25, 0.3) is 5.91 Å². The van der Waals surface area contributed by atoms with Crippen LogP contribution < -0.4 is 14.8 Å². The molecule has 0 atom stereocenters. The smallest absolute Gasteiger partial charge is 0.338 e. The lowest BCUT2D eigenvalue weighted by Gasteiger charge is -2.10. The summed E-state index contributed by atoms with van der Waals surface area (Å²) in [5.74, 6) is 0.765. The molecule has 0 bridgehead atoms. The largest absolute Gasteiger partial charge is 0.493 e. The highest BCUT2D eigenvalue weighted by atomic mass is 16.5. The van der Waals surface area contributed by atoms with E-state index in [1.54, 1.807) is 24.3 Å². The maximum atomic E-state index is 12.1. The summed E-state index contributed by atoms with van der Waals surface area (Å²) in [6.07, 6.45) is 0. The van der Waals surface area contributed by atoms with Crippen molar-refractivity contribution in [3.8, 4) is 11.5 Å². The molecule has 0 aliphatic carbocycles. The van der Waals surface area contributed by atoms with E-state index in [1.807, 2.05) is 44.2 Å². The average molecular weight is 371 g/mol. The number of benzene rings is 2. The van der Waals surface area contributed by atoms with Gasteiger partial charge in [0.05, 0.1) is 18.7 Å². The molecule has 0 unspecified atom stereocenters. The maximum Gasteiger partial charge on any atom is 0.338 e. The molecule has 1 N–H and O–H groups in total. The minimum atomic E-state index is -0.569. The number of rotatable bonds is 10. The van der Waals surface area contributed by atoms with Crippen LogP contribution in [0.2, 0.25) is 0 Å². The molecule has 0 aliphatic rings. The Kier molecular flexibility index (Phi) is 8.16. The third kappa shape index (κ3) is 7.81. The van der Waals surface area contributed by atoms with Crippen LogP contribution in [0, 0.1) is 5.92 Å². The van der Waals surface area contributed by atoms with Crippen LogP contribution in [0.5, 0.6) is 11.5 Å². The second kappa shape index (κ2) is 10.9. The summed E-state index contributed by atoms with van der Waals surface area (Å²) < 4.78 is 16.1. The van der Waals surface area contributed by atoms with Gasteiger partial charge in [-0.25, -0.2) is 4.79 Å². The Morgan fingerprint density at radius 3 is 2.44 bits per heavy atom. The molecule has 0 saturated heterocycles. The van der Waals surface area contributed by atoms with Crippen molar-refractivity contribution in [3.05, 3.63) is 60.2 Å². The van der Waals surface area contributed by atoms with Crippen molar-refractivity contribution in [2.45, 2.75) is 13.8 Å². The molecule has 2 aromatic rings. The zero-order chi connectivity index (χ0) is 19.5. The molecule has 0 aromatic heterocycles. The fourth-order valence-electron chi connectivity index (χ4n) is 2.12. The van der Waals surface area contributed by atoms with E-state index in [2.05, 4.69) is 5.32 Å². The van der Waals surface area contributed by atoms with Gasteiger partial charge in [-0.05, 0) is 36.2 Å². The van der Waals surface area contributed by atoms with Crippen LogP contribution in [0.15, 0.2) is 54.6 Å². The minimum Gasteiger partial charge on any atom is -0.493 e. The first-order valence-corrected chi connectivity index (χ1v) is 8.89. The molecule has 0 spiro atoms. The van der Waals surface area contributed by atoms with Crippen LogP contribution in [0.25, 0.3) is 0 Å². The lowest BCUT2D eigenvalue weighted by Crippen LogP contribution is -2.32. The van der Waals surface area contributed by atoms with E-state index < -0.39 is 5.97 Å². The molecule has 6 heteroatoms. The van der Waals surface area contributed by atoms with Gasteiger partial charge < -0.3 is 19.5 Å². The van der Waals surface area contributed by atoms with Crippen LogP contribution in [0.4, 0.5) is 0 Å². The molecule has 0 radical (unpaired) electrons. The summed E-state index contributed by atoms with van der Waals surface area (Å²) in [5.41, 5.74) is 0.344. The molecular weight excluding hydrogens is 346 g/mol. The Hall–Kier alpha value is -3.02. The second-order valence-electron chi connectivity index (χ2n) is 6.32. The predicted molar refractivity (Wildman–Crippen MR) is 102 cm³/mol. The first kappa shape index (κ1) is 20.3. The molecule has 0 fully saturated rings. The first-order chi connectivity index (χ1) is 13.0. The Bertz CT molecular complexity index is 730. The van der Waals surface area contributed by atoms with E-state index in [-0.39, 0.29) is 12.5 Å². The number of esters is 1. The normalized spacial score (nSPS) is 10.3. The standard InChI is InChI=1S/C21H25NO5/c1-16(2)14-26-19-10-6-7-17(13-19)21(24)27-15-20(23)22-11-12-25-18-8-4-3-5-9-18/h3-10,13,16H,11-12,14-15H2,1-2H3,(H,22,23). The van der Waals surface area contributed by atoms with Gasteiger partial charge >= 0.3 is 5.97 Å². The van der Waals surface area contributed by atoms with Gasteiger partial charge in [-0.3, -0.25) is 4.79 Å². The molecule has 2 rings (SSSR count). The molecule has 0 heterocycles. The SMILES string of the molecule is CC(C)COc1cccc(C(=O)OCC(=O)NCCOc2ccccc2)c1. The number of carbonyl (C=O) groups excluding carboxylic acids is 2. The van der Waals surface area contributed by atoms with E-state index in [9.17, 15) is 9.59 Å². The number of ether oxygens (including phenoxy) is 3. The molecule has 144 valence electrons. The van der Waals surface area contributed by atoms with Crippen LogP contribution >= 0.6 is 0 Å². The third-order valence-electron chi connectivity index (χ3n) is 3.42. The Balaban J connectivity index is 1.68. The summed E-state index contributed by atoms with van der Waals surface area (Å²) in [7, 11) is 0. The molecule has 6 nitrogen and oxygen atoms in total. The zero-order valence-corrected chi connectivity index (χ0v) is 15.6. The van der Waals surface area contributed by atoms with E-state index in [0.717, 1.165) is 5.75 Å². The van der Waals surface area contributed by atoms with Gasteiger partial charge in [-0.15, -0.1) is 0 Å². The van der Waals surface area contributed by atoms with Gasteiger partial charge in [0.1, 0.15) is 18.1 Å². The summed E-state index contributed by atoms with van der Waals surface area (Å²) in [6.45, 7) is 4.96. The van der Waals surface area contributed by atoms with Gasteiger partial charge in [0.2, 0.25) is 0 Å². The van der Waals surface area contributed by atoms with Crippen LogP contribution in [0.3, 0.4) is 0 Å². The average Bonchev–Trinajstić information content (AvgIpc) is 2.69. The molecule has 27 heavy (non-hydrogen) atoms. The first-order valence-electron chi connectivity index (χ1n) is 8.89. The van der Waals surface area contributed by atoms with Gasteiger partial charge in [-0.2, -0.15) is 0 Å². The van der Waals surface area contributed by atoms with Crippen LogP contribution in [0.1, 0.15) is 24.2 Å². The number of hydrogen-bond donors (Lipinski definition) is 1. The fraction of sp³-hybridized carbons (Fsp3) is 0.333. The predicted octanol–water partition coefficient (Wildman–Crippen LogP) is 3.07. The lowest BCUT2D eigenvalue weighted by molar-refractivity contribution is -0.124. The second-order valence-corrected chi connectivity index (χ2v) is 6.32. The summed E-state index contributed by atoms with van der Waals surface area (Å²) in [5, 5.41) is 2.64. The highest BCUT2D eigenvalue weighted by Gasteiger charge is 2.11. The van der Waals surface area contributed by atoms with Crippen molar-refractivity contribution in [1.29, 1.82) is 0 Å². The van der Waals surface area contributed by atoms with Crippen molar-refractivity contribution in [1.82, 2.24) is 5.32 Å². The van der Waals surface area contributed by atoms with Crippen molar-refractivity contribution in [3.63, 3.8) is 0 Å². The Morgan fingerprint density at radius 2 is 1.70 bits per heavy atom. The molecule has 1 amide bonds.